The van der Waals surface area contributed by atoms with E-state index >= 15 is 0 Å². The maximum absolute atomic E-state index is 6.22. The molecular weight excluding hydrogens is 291 g/mol. The highest BCUT2D eigenvalue weighted by Gasteiger charge is 2.25. The quantitative estimate of drug-likeness (QED) is 0.895. The summed E-state index contributed by atoms with van der Waals surface area (Å²) in [6, 6.07) is 12.3. The van der Waals surface area contributed by atoms with Crippen LogP contribution in [0.25, 0.3) is 0 Å². The van der Waals surface area contributed by atoms with E-state index in [9.17, 15) is 0 Å². The van der Waals surface area contributed by atoms with Crippen molar-refractivity contribution in [2.45, 2.75) is 19.5 Å². The van der Waals surface area contributed by atoms with Crippen LogP contribution in [0.2, 0.25) is 10.0 Å². The van der Waals surface area contributed by atoms with Crippen LogP contribution in [0.4, 0.5) is 5.69 Å². The summed E-state index contributed by atoms with van der Waals surface area (Å²) in [6.45, 7) is 3.72. The number of fused-ring (bicyclic) bond motifs is 1. The third-order valence-electron chi connectivity index (χ3n) is 3.70. The fraction of sp³-hybridized carbons (Fsp3) is 0.250. The Labute approximate surface area is 129 Å². The standard InChI is InChI=1S/C16H16Cl2N2/c1-10-2-5-16-12(6-10)15(19)9-20(16)8-11-3-4-13(17)14(18)7-11/h2-7,15H,8-9,19H2,1H3/t15-/m1/s1. The van der Waals surface area contributed by atoms with Gasteiger partial charge in [0.05, 0.1) is 10.0 Å². The summed E-state index contributed by atoms with van der Waals surface area (Å²) in [5.74, 6) is 0. The molecule has 0 unspecified atom stereocenters. The normalized spacial score (nSPS) is 17.4. The summed E-state index contributed by atoms with van der Waals surface area (Å²) < 4.78 is 0. The van der Waals surface area contributed by atoms with E-state index in [1.165, 1.54) is 16.8 Å². The number of hydrogen-bond donors (Lipinski definition) is 1. The lowest BCUT2D eigenvalue weighted by atomic mass is 10.1. The lowest BCUT2D eigenvalue weighted by Crippen LogP contribution is -2.23. The first-order valence-corrected chi connectivity index (χ1v) is 7.35. The second-order valence-corrected chi connectivity index (χ2v) is 6.11. The predicted octanol–water partition coefficient (Wildman–Crippen LogP) is 4.32. The molecule has 3 rings (SSSR count). The summed E-state index contributed by atoms with van der Waals surface area (Å²) in [7, 11) is 0. The van der Waals surface area contributed by atoms with Gasteiger partial charge in [0.25, 0.3) is 0 Å². The van der Waals surface area contributed by atoms with Crippen molar-refractivity contribution in [3.05, 3.63) is 63.1 Å². The average molecular weight is 307 g/mol. The SMILES string of the molecule is Cc1ccc2c(c1)[C@H](N)CN2Cc1ccc(Cl)c(Cl)c1. The molecular formula is C16H16Cl2N2. The van der Waals surface area contributed by atoms with E-state index in [2.05, 4.69) is 30.0 Å². The zero-order valence-corrected chi connectivity index (χ0v) is 12.7. The third-order valence-corrected chi connectivity index (χ3v) is 4.44. The van der Waals surface area contributed by atoms with Gasteiger partial charge in [0.2, 0.25) is 0 Å². The molecule has 2 aromatic rings. The molecule has 1 aliphatic heterocycles. The number of nitrogens with zero attached hydrogens (tertiary/aromatic N) is 1. The van der Waals surface area contributed by atoms with Crippen LogP contribution in [0.3, 0.4) is 0 Å². The van der Waals surface area contributed by atoms with Gasteiger partial charge in [-0.1, -0.05) is 47.0 Å². The van der Waals surface area contributed by atoms with E-state index in [-0.39, 0.29) is 6.04 Å². The maximum atomic E-state index is 6.22. The summed E-state index contributed by atoms with van der Waals surface area (Å²) >= 11 is 12.0. The van der Waals surface area contributed by atoms with E-state index in [4.69, 9.17) is 28.9 Å². The van der Waals surface area contributed by atoms with Gasteiger partial charge in [0.15, 0.2) is 0 Å². The molecule has 2 aromatic carbocycles. The Morgan fingerprint density at radius 1 is 1.15 bits per heavy atom. The number of hydrogen-bond acceptors (Lipinski definition) is 2. The molecule has 2 N–H and O–H groups in total. The molecule has 20 heavy (non-hydrogen) atoms. The fourth-order valence-electron chi connectivity index (χ4n) is 2.70. The Hall–Kier alpha value is -1.22. The van der Waals surface area contributed by atoms with Crippen LogP contribution in [-0.2, 0) is 6.54 Å². The van der Waals surface area contributed by atoms with Crippen molar-refractivity contribution in [2.24, 2.45) is 5.73 Å². The van der Waals surface area contributed by atoms with Gasteiger partial charge >= 0.3 is 0 Å². The molecule has 0 bridgehead atoms. The molecule has 1 aliphatic rings. The van der Waals surface area contributed by atoms with Crippen molar-refractivity contribution in [3.8, 4) is 0 Å². The van der Waals surface area contributed by atoms with E-state index in [1.807, 2.05) is 18.2 Å². The summed E-state index contributed by atoms with van der Waals surface area (Å²) in [5.41, 5.74) is 11.1. The minimum Gasteiger partial charge on any atom is -0.365 e. The van der Waals surface area contributed by atoms with Crippen molar-refractivity contribution in [2.75, 3.05) is 11.4 Å². The third kappa shape index (κ3) is 2.51. The molecule has 0 amide bonds. The van der Waals surface area contributed by atoms with Crippen LogP contribution in [0.1, 0.15) is 22.7 Å². The van der Waals surface area contributed by atoms with Gasteiger partial charge in [-0.25, -0.2) is 0 Å². The molecule has 0 saturated carbocycles. The number of rotatable bonds is 2. The molecule has 0 spiro atoms. The van der Waals surface area contributed by atoms with Crippen molar-refractivity contribution >= 4 is 28.9 Å². The first-order valence-electron chi connectivity index (χ1n) is 6.59. The topological polar surface area (TPSA) is 29.3 Å². The fourth-order valence-corrected chi connectivity index (χ4v) is 3.02. The second-order valence-electron chi connectivity index (χ2n) is 5.30. The van der Waals surface area contributed by atoms with Crippen LogP contribution in [0.15, 0.2) is 36.4 Å². The highest BCUT2D eigenvalue weighted by Crippen LogP contribution is 2.35. The molecule has 0 saturated heterocycles. The van der Waals surface area contributed by atoms with Crippen molar-refractivity contribution < 1.29 is 0 Å². The molecule has 0 radical (unpaired) electrons. The molecule has 0 fully saturated rings. The Balaban J connectivity index is 1.88. The van der Waals surface area contributed by atoms with Gasteiger partial charge in [-0.15, -0.1) is 0 Å². The summed E-state index contributed by atoms with van der Waals surface area (Å²) in [5, 5.41) is 1.18. The Morgan fingerprint density at radius 3 is 2.70 bits per heavy atom. The van der Waals surface area contributed by atoms with Crippen molar-refractivity contribution in [1.82, 2.24) is 0 Å². The van der Waals surface area contributed by atoms with Crippen LogP contribution in [0, 0.1) is 6.92 Å². The van der Waals surface area contributed by atoms with Gasteiger partial charge in [-0.05, 0) is 36.2 Å². The van der Waals surface area contributed by atoms with Crippen LogP contribution in [-0.4, -0.2) is 6.54 Å². The van der Waals surface area contributed by atoms with E-state index in [0.29, 0.717) is 10.0 Å². The molecule has 0 aromatic heterocycles. The average Bonchev–Trinajstić information content (AvgIpc) is 2.70. The van der Waals surface area contributed by atoms with Crippen molar-refractivity contribution in [3.63, 3.8) is 0 Å². The van der Waals surface area contributed by atoms with E-state index < -0.39 is 0 Å². The molecule has 1 heterocycles. The highest BCUT2D eigenvalue weighted by atomic mass is 35.5. The zero-order chi connectivity index (χ0) is 14.3. The van der Waals surface area contributed by atoms with Gasteiger partial charge in [-0.3, -0.25) is 0 Å². The summed E-state index contributed by atoms with van der Waals surface area (Å²) in [4.78, 5) is 2.29. The van der Waals surface area contributed by atoms with Crippen LogP contribution in [0.5, 0.6) is 0 Å². The minimum atomic E-state index is 0.0765. The number of anilines is 1. The monoisotopic (exact) mass is 306 g/mol. The minimum absolute atomic E-state index is 0.0765. The second kappa shape index (κ2) is 5.28. The number of aryl methyl sites for hydroxylation is 1. The highest BCUT2D eigenvalue weighted by molar-refractivity contribution is 6.42. The molecule has 0 aliphatic carbocycles. The lowest BCUT2D eigenvalue weighted by molar-refractivity contribution is 0.720. The van der Waals surface area contributed by atoms with Gasteiger partial charge < -0.3 is 10.6 Å². The Kier molecular flexibility index (Phi) is 3.63. The van der Waals surface area contributed by atoms with Crippen molar-refractivity contribution in [1.29, 1.82) is 0 Å². The van der Waals surface area contributed by atoms with Gasteiger partial charge in [-0.2, -0.15) is 0 Å². The largest absolute Gasteiger partial charge is 0.365 e. The van der Waals surface area contributed by atoms with Crippen LogP contribution < -0.4 is 10.6 Å². The molecule has 4 heteroatoms. The number of halogens is 2. The van der Waals surface area contributed by atoms with Gasteiger partial charge in [0, 0.05) is 24.8 Å². The smallest absolute Gasteiger partial charge is 0.0595 e. The predicted molar refractivity (Wildman–Crippen MR) is 85.6 cm³/mol. The van der Waals surface area contributed by atoms with Crippen LogP contribution >= 0.6 is 23.2 Å². The molecule has 104 valence electrons. The number of nitrogens with two attached hydrogens (primary N) is 1. The first kappa shape index (κ1) is 13.7. The number of benzene rings is 2. The lowest BCUT2D eigenvalue weighted by Gasteiger charge is -2.20. The zero-order valence-electron chi connectivity index (χ0n) is 11.2. The molecule has 1 atom stereocenters. The van der Waals surface area contributed by atoms with E-state index in [1.54, 1.807) is 0 Å². The Bertz CT molecular complexity index is 655. The first-order chi connectivity index (χ1) is 9.54. The summed E-state index contributed by atoms with van der Waals surface area (Å²) in [6.07, 6.45) is 0. The Morgan fingerprint density at radius 2 is 1.95 bits per heavy atom. The molecule has 2 nitrogen and oxygen atoms in total. The van der Waals surface area contributed by atoms with E-state index in [0.717, 1.165) is 18.7 Å². The van der Waals surface area contributed by atoms with Gasteiger partial charge in [0.1, 0.15) is 0 Å². The maximum Gasteiger partial charge on any atom is 0.0595 e.